The highest BCUT2D eigenvalue weighted by molar-refractivity contribution is 5.37. The van der Waals surface area contributed by atoms with Gasteiger partial charge in [-0.05, 0) is 12.3 Å². The van der Waals surface area contributed by atoms with Crippen LogP contribution in [-0.2, 0) is 17.7 Å². The fourth-order valence-electron chi connectivity index (χ4n) is 1.72. The third-order valence-electron chi connectivity index (χ3n) is 2.66. The number of hydrogen-bond donors (Lipinski definition) is 2. The molecule has 15 heavy (non-hydrogen) atoms. The van der Waals surface area contributed by atoms with E-state index < -0.39 is 0 Å². The van der Waals surface area contributed by atoms with Crippen molar-refractivity contribution in [2.75, 3.05) is 18.9 Å². The fraction of sp³-hybridized carbons (Fsp3) is 0.600. The molecule has 1 saturated heterocycles. The monoisotopic (exact) mass is 208 g/mol. The molecule has 1 aromatic heterocycles. The molecule has 1 aliphatic heterocycles. The number of nitrogen functional groups attached to an aromatic ring is 1. The van der Waals surface area contributed by atoms with Gasteiger partial charge in [0.15, 0.2) is 0 Å². The maximum Gasteiger partial charge on any atom is 0.131 e. The van der Waals surface area contributed by atoms with E-state index in [0.717, 1.165) is 37.4 Å². The van der Waals surface area contributed by atoms with Crippen molar-refractivity contribution in [1.29, 1.82) is 0 Å². The highest BCUT2D eigenvalue weighted by atomic mass is 16.5. The summed E-state index contributed by atoms with van der Waals surface area (Å²) < 4.78 is 5.30. The van der Waals surface area contributed by atoms with Gasteiger partial charge in [-0.2, -0.15) is 0 Å². The average molecular weight is 208 g/mol. The zero-order chi connectivity index (χ0) is 10.7. The van der Waals surface area contributed by atoms with Crippen LogP contribution >= 0.6 is 0 Å². The number of anilines is 1. The topological polar surface area (TPSA) is 87.0 Å². The van der Waals surface area contributed by atoms with Gasteiger partial charge in [-0.1, -0.05) is 0 Å². The van der Waals surface area contributed by atoms with E-state index in [1.54, 1.807) is 6.20 Å². The van der Waals surface area contributed by atoms with E-state index in [2.05, 4.69) is 9.97 Å². The van der Waals surface area contributed by atoms with Gasteiger partial charge in [-0.15, -0.1) is 0 Å². The fourth-order valence-corrected chi connectivity index (χ4v) is 1.72. The van der Waals surface area contributed by atoms with Crippen molar-refractivity contribution >= 4 is 5.82 Å². The quantitative estimate of drug-likeness (QED) is 0.735. The van der Waals surface area contributed by atoms with Crippen LogP contribution in [0.25, 0.3) is 0 Å². The second kappa shape index (κ2) is 4.55. The van der Waals surface area contributed by atoms with Crippen LogP contribution in [0.2, 0.25) is 0 Å². The van der Waals surface area contributed by atoms with Gasteiger partial charge in [0.1, 0.15) is 11.6 Å². The van der Waals surface area contributed by atoms with Gasteiger partial charge in [-0.25, -0.2) is 9.97 Å². The predicted molar refractivity (Wildman–Crippen MR) is 57.0 cm³/mol. The van der Waals surface area contributed by atoms with E-state index in [4.69, 9.17) is 16.2 Å². The van der Waals surface area contributed by atoms with Gasteiger partial charge in [-0.3, -0.25) is 0 Å². The summed E-state index contributed by atoms with van der Waals surface area (Å²) >= 11 is 0. The third-order valence-corrected chi connectivity index (χ3v) is 2.66. The van der Waals surface area contributed by atoms with Crippen LogP contribution in [0.15, 0.2) is 6.20 Å². The molecule has 82 valence electrons. The number of nitrogens with two attached hydrogens (primary N) is 2. The van der Waals surface area contributed by atoms with E-state index in [1.807, 2.05) is 0 Å². The molecule has 1 atom stereocenters. The Kier molecular flexibility index (Phi) is 3.13. The Hall–Kier alpha value is -1.20. The maximum atomic E-state index is 5.74. The molecular formula is C10H16N4O. The maximum absolute atomic E-state index is 5.74. The normalized spacial score (nSPS) is 20.7. The molecule has 2 heterocycles. The van der Waals surface area contributed by atoms with E-state index >= 15 is 0 Å². The van der Waals surface area contributed by atoms with E-state index in [-0.39, 0.29) is 0 Å². The molecule has 0 saturated carbocycles. The standard InChI is InChI=1S/C10H16N4O/c11-4-8-5-13-9(14-10(8)12)3-7-1-2-15-6-7/h5,7H,1-4,6,11H2,(H2,12,13,14). The van der Waals surface area contributed by atoms with Crippen LogP contribution in [-0.4, -0.2) is 23.2 Å². The number of ether oxygens (including phenoxy) is 1. The summed E-state index contributed by atoms with van der Waals surface area (Å²) in [7, 11) is 0. The van der Waals surface area contributed by atoms with Crippen LogP contribution in [0.3, 0.4) is 0 Å². The van der Waals surface area contributed by atoms with Crippen molar-refractivity contribution in [2.24, 2.45) is 11.7 Å². The minimum atomic E-state index is 0.388. The van der Waals surface area contributed by atoms with E-state index in [9.17, 15) is 0 Å². The molecule has 0 bridgehead atoms. The molecule has 0 aromatic carbocycles. The Bertz CT molecular complexity index is 336. The summed E-state index contributed by atoms with van der Waals surface area (Å²) in [6.07, 6.45) is 3.64. The molecule has 5 heteroatoms. The Morgan fingerprint density at radius 2 is 2.40 bits per heavy atom. The molecule has 5 nitrogen and oxygen atoms in total. The van der Waals surface area contributed by atoms with Gasteiger partial charge >= 0.3 is 0 Å². The molecular weight excluding hydrogens is 192 g/mol. The molecule has 1 aliphatic rings. The molecule has 2 rings (SSSR count). The summed E-state index contributed by atoms with van der Waals surface area (Å²) in [5.74, 6) is 1.83. The zero-order valence-electron chi connectivity index (χ0n) is 8.65. The second-order valence-electron chi connectivity index (χ2n) is 3.83. The minimum Gasteiger partial charge on any atom is -0.383 e. The lowest BCUT2D eigenvalue weighted by Gasteiger charge is -2.07. The highest BCUT2D eigenvalue weighted by Gasteiger charge is 2.17. The predicted octanol–water partition coefficient (Wildman–Crippen LogP) is 0.0965. The van der Waals surface area contributed by atoms with E-state index in [0.29, 0.717) is 18.3 Å². The van der Waals surface area contributed by atoms with Crippen molar-refractivity contribution in [3.63, 3.8) is 0 Å². The summed E-state index contributed by atoms with van der Waals surface area (Å²) in [6.45, 7) is 2.04. The minimum absolute atomic E-state index is 0.388. The van der Waals surface area contributed by atoms with Gasteiger partial charge < -0.3 is 16.2 Å². The van der Waals surface area contributed by atoms with Gasteiger partial charge in [0.25, 0.3) is 0 Å². The lowest BCUT2D eigenvalue weighted by Crippen LogP contribution is -2.11. The van der Waals surface area contributed by atoms with Gasteiger partial charge in [0.05, 0.1) is 0 Å². The zero-order valence-corrected chi connectivity index (χ0v) is 8.65. The molecule has 1 aromatic rings. The third kappa shape index (κ3) is 2.43. The Morgan fingerprint density at radius 3 is 3.00 bits per heavy atom. The molecule has 4 N–H and O–H groups in total. The molecule has 1 unspecified atom stereocenters. The second-order valence-corrected chi connectivity index (χ2v) is 3.83. The Balaban J connectivity index is 2.05. The van der Waals surface area contributed by atoms with Crippen LogP contribution < -0.4 is 11.5 Å². The Morgan fingerprint density at radius 1 is 1.53 bits per heavy atom. The van der Waals surface area contributed by atoms with Crippen LogP contribution in [0, 0.1) is 5.92 Å². The van der Waals surface area contributed by atoms with Crippen LogP contribution in [0.4, 0.5) is 5.82 Å². The van der Waals surface area contributed by atoms with Gasteiger partial charge in [0, 0.05) is 37.9 Å². The van der Waals surface area contributed by atoms with Crippen molar-refractivity contribution in [1.82, 2.24) is 9.97 Å². The number of rotatable bonds is 3. The molecule has 0 aliphatic carbocycles. The first kappa shape index (κ1) is 10.3. The van der Waals surface area contributed by atoms with Crippen molar-refractivity contribution < 1.29 is 4.74 Å². The molecule has 0 spiro atoms. The van der Waals surface area contributed by atoms with Crippen LogP contribution in [0.1, 0.15) is 17.8 Å². The number of hydrogen-bond acceptors (Lipinski definition) is 5. The Labute approximate surface area is 88.8 Å². The average Bonchev–Trinajstić information content (AvgIpc) is 2.71. The van der Waals surface area contributed by atoms with Crippen molar-refractivity contribution in [3.8, 4) is 0 Å². The summed E-state index contributed by atoms with van der Waals surface area (Å²) in [4.78, 5) is 8.49. The summed E-state index contributed by atoms with van der Waals surface area (Å²) in [5.41, 5.74) is 12.0. The molecule has 0 amide bonds. The molecule has 0 radical (unpaired) electrons. The van der Waals surface area contributed by atoms with Crippen LogP contribution in [0.5, 0.6) is 0 Å². The van der Waals surface area contributed by atoms with Crippen molar-refractivity contribution in [3.05, 3.63) is 17.6 Å². The van der Waals surface area contributed by atoms with Crippen molar-refractivity contribution in [2.45, 2.75) is 19.4 Å². The smallest absolute Gasteiger partial charge is 0.131 e. The lowest BCUT2D eigenvalue weighted by molar-refractivity contribution is 0.185. The first-order valence-electron chi connectivity index (χ1n) is 5.17. The molecule has 1 fully saturated rings. The SMILES string of the molecule is NCc1cnc(CC2CCOC2)nc1N. The largest absolute Gasteiger partial charge is 0.383 e. The first-order chi connectivity index (χ1) is 7.29. The van der Waals surface area contributed by atoms with Gasteiger partial charge in [0.2, 0.25) is 0 Å². The number of nitrogens with zero attached hydrogens (tertiary/aromatic N) is 2. The highest BCUT2D eigenvalue weighted by Crippen LogP contribution is 2.17. The first-order valence-corrected chi connectivity index (χ1v) is 5.17. The lowest BCUT2D eigenvalue weighted by atomic mass is 10.0. The van der Waals surface area contributed by atoms with E-state index in [1.165, 1.54) is 0 Å². The number of aromatic nitrogens is 2. The summed E-state index contributed by atoms with van der Waals surface area (Å²) in [6, 6.07) is 0. The summed E-state index contributed by atoms with van der Waals surface area (Å²) in [5, 5.41) is 0.